The molecule has 0 aliphatic heterocycles. The summed E-state index contributed by atoms with van der Waals surface area (Å²) in [5, 5.41) is 7.34. The molecule has 0 unspecified atom stereocenters. The Morgan fingerprint density at radius 2 is 2.25 bits per heavy atom. The van der Waals surface area contributed by atoms with Gasteiger partial charge in [0.25, 0.3) is 0 Å². The summed E-state index contributed by atoms with van der Waals surface area (Å²) in [5.41, 5.74) is 0. The van der Waals surface area contributed by atoms with E-state index in [9.17, 15) is 0 Å². The van der Waals surface area contributed by atoms with E-state index < -0.39 is 0 Å². The van der Waals surface area contributed by atoms with Crippen LogP contribution in [0.5, 0.6) is 0 Å². The monoisotopic (exact) mass is 78.0 g/mol. The van der Waals surface area contributed by atoms with Gasteiger partial charge in [-0.1, -0.05) is 0 Å². The average molecular weight is 77.9 g/mol. The van der Waals surface area contributed by atoms with Crippen molar-refractivity contribution in [3.8, 4) is 0 Å². The maximum absolute atomic E-state index is 7.34. The van der Waals surface area contributed by atoms with Gasteiger partial charge in [-0.25, -0.2) is 5.26 Å². The van der Waals surface area contributed by atoms with Gasteiger partial charge < -0.3 is 0 Å². The molecule has 24 valence electrons. The highest BCUT2D eigenvalue weighted by Crippen LogP contribution is 1.82. The molecule has 0 heterocycles. The zero-order chi connectivity index (χ0) is 3.41. The van der Waals surface area contributed by atoms with Gasteiger partial charge in [-0.3, -0.25) is 0 Å². The fraction of sp³-hybridized carbons (Fsp3) is 0. The Hall–Kier alpha value is 0.335. The minimum atomic E-state index is 0.912. The Kier molecular flexibility index (Phi) is 3.61. The van der Waals surface area contributed by atoms with E-state index in [1.54, 1.807) is 7.12 Å². The molecular weight excluding hydrogens is 74.9 g/mol. The van der Waals surface area contributed by atoms with Crippen molar-refractivity contribution in [3.05, 3.63) is 0 Å². The number of hydrogen-bond donors (Lipinski definition) is 1. The van der Waals surface area contributed by atoms with Crippen molar-refractivity contribution in [3.63, 3.8) is 0 Å². The summed E-state index contributed by atoms with van der Waals surface area (Å²) in [7, 11) is 1.62. The topological polar surface area (TPSA) is 29.5 Å². The largest absolute Gasteiger partial charge is 0.240 e. The second-order valence-corrected chi connectivity index (χ2v) is 0.724. The second-order valence-electron chi connectivity index (χ2n) is 0.241. The van der Waals surface area contributed by atoms with Gasteiger partial charge in [-0.05, 0) is 11.9 Å². The van der Waals surface area contributed by atoms with Crippen molar-refractivity contribution < 1.29 is 9.59 Å². The minimum absolute atomic E-state index is 0.912. The molecule has 0 rings (SSSR count). The molecule has 0 aromatic heterocycles. The van der Waals surface area contributed by atoms with Crippen molar-refractivity contribution in [1.82, 2.24) is 0 Å². The van der Waals surface area contributed by atoms with Crippen LogP contribution in [-0.2, 0) is 4.33 Å². The van der Waals surface area contributed by atoms with Crippen LogP contribution in [0.15, 0.2) is 0 Å². The smallest absolute Gasteiger partial charge is 0.214 e. The summed E-state index contributed by atoms with van der Waals surface area (Å²) < 4.78 is 3.46. The lowest BCUT2D eigenvalue weighted by atomic mass is 10.8. The lowest BCUT2D eigenvalue weighted by Gasteiger charge is -1.72. The Morgan fingerprint density at radius 1 is 2.00 bits per heavy atom. The predicted molar refractivity (Wildman–Crippen MR) is 19.8 cm³/mol. The first-order valence-electron chi connectivity index (χ1n) is 0.757. The van der Waals surface area contributed by atoms with E-state index in [1.807, 2.05) is 0 Å². The molecule has 1 N–H and O–H groups in total. The molecule has 0 saturated carbocycles. The third-order valence-corrected chi connectivity index (χ3v) is 0.224. The van der Waals surface area contributed by atoms with Crippen LogP contribution in [0.4, 0.5) is 0 Å². The average Bonchev–Trinajstić information content (AvgIpc) is 1.37. The first-order chi connectivity index (χ1) is 1.91. The fourth-order valence-corrected chi connectivity index (χ4v) is 0. The van der Waals surface area contributed by atoms with Crippen molar-refractivity contribution in [1.29, 1.82) is 0 Å². The SMILES string of the molecule is BSOO. The van der Waals surface area contributed by atoms with E-state index in [1.165, 1.54) is 0 Å². The van der Waals surface area contributed by atoms with Crippen molar-refractivity contribution >= 4 is 19.0 Å². The standard InChI is InChI=1S/BH3O2S/c1-4-3-2/h2H,1H2. The van der Waals surface area contributed by atoms with Crippen LogP contribution in [-0.4, -0.2) is 12.4 Å². The van der Waals surface area contributed by atoms with Gasteiger partial charge in [-0.15, -0.1) is 0 Å². The van der Waals surface area contributed by atoms with Gasteiger partial charge in [0.05, 0.1) is 0 Å². The van der Waals surface area contributed by atoms with E-state index in [0.29, 0.717) is 0 Å². The molecule has 0 aliphatic rings. The second kappa shape index (κ2) is 3.33. The molecule has 0 aromatic carbocycles. The molecule has 0 bridgehead atoms. The maximum atomic E-state index is 7.34. The summed E-state index contributed by atoms with van der Waals surface area (Å²) in [6, 6.07) is 0. The van der Waals surface area contributed by atoms with Gasteiger partial charge in [0.1, 0.15) is 0 Å². The molecule has 0 aromatic rings. The third-order valence-electron chi connectivity index (χ3n) is 0.0745. The summed E-state index contributed by atoms with van der Waals surface area (Å²) in [5.74, 6) is 0. The van der Waals surface area contributed by atoms with Gasteiger partial charge in [0.2, 0.25) is 7.12 Å². The fourth-order valence-electron chi connectivity index (χ4n) is 0. The molecule has 4 heavy (non-hydrogen) atoms. The van der Waals surface area contributed by atoms with Gasteiger partial charge in [0.15, 0.2) is 0 Å². The van der Waals surface area contributed by atoms with Crippen LogP contribution in [0.2, 0.25) is 0 Å². The summed E-state index contributed by atoms with van der Waals surface area (Å²) >= 11 is 0.912. The van der Waals surface area contributed by atoms with Crippen molar-refractivity contribution in [2.45, 2.75) is 0 Å². The first kappa shape index (κ1) is 4.33. The van der Waals surface area contributed by atoms with E-state index in [0.717, 1.165) is 11.9 Å². The summed E-state index contributed by atoms with van der Waals surface area (Å²) in [4.78, 5) is 0. The van der Waals surface area contributed by atoms with Crippen LogP contribution in [0, 0.1) is 0 Å². The molecule has 0 fully saturated rings. The van der Waals surface area contributed by atoms with E-state index in [2.05, 4.69) is 4.33 Å². The quantitative estimate of drug-likeness (QED) is 0.201. The molecular formula is H3BO2S. The zero-order valence-electron chi connectivity index (χ0n) is 2.26. The molecule has 0 atom stereocenters. The molecule has 4 heteroatoms. The lowest BCUT2D eigenvalue weighted by molar-refractivity contribution is -0.114. The molecule has 0 spiro atoms. The molecule has 0 radical (unpaired) electrons. The first-order valence-corrected chi connectivity index (χ1v) is 1.91. The number of hydrogen-bond acceptors (Lipinski definition) is 3. The lowest BCUT2D eigenvalue weighted by Crippen LogP contribution is -1.57. The van der Waals surface area contributed by atoms with Crippen molar-refractivity contribution in [2.75, 3.05) is 0 Å². The predicted octanol–water partition coefficient (Wildman–Crippen LogP) is -0.328. The normalized spacial score (nSPS) is 7.25. The highest BCUT2D eigenvalue weighted by molar-refractivity contribution is 8.15. The Bertz CT molecular complexity index is 8.00. The molecule has 0 aliphatic carbocycles. The van der Waals surface area contributed by atoms with Crippen molar-refractivity contribution in [2.24, 2.45) is 0 Å². The molecule has 0 amide bonds. The van der Waals surface area contributed by atoms with E-state index >= 15 is 0 Å². The third kappa shape index (κ3) is 2.33. The van der Waals surface area contributed by atoms with Gasteiger partial charge in [-0.2, -0.15) is 4.33 Å². The van der Waals surface area contributed by atoms with Crippen LogP contribution in [0.1, 0.15) is 0 Å². The summed E-state index contributed by atoms with van der Waals surface area (Å²) in [6.07, 6.45) is 0. The zero-order valence-corrected chi connectivity index (χ0v) is 3.08. The Morgan fingerprint density at radius 3 is 2.25 bits per heavy atom. The van der Waals surface area contributed by atoms with E-state index in [4.69, 9.17) is 5.26 Å². The number of rotatable bonds is 1. The highest BCUT2D eigenvalue weighted by atomic mass is 32.2. The van der Waals surface area contributed by atoms with Crippen LogP contribution >= 0.6 is 11.9 Å². The highest BCUT2D eigenvalue weighted by Gasteiger charge is 1.56. The van der Waals surface area contributed by atoms with E-state index in [-0.39, 0.29) is 0 Å². The maximum Gasteiger partial charge on any atom is 0.214 e. The molecule has 2 nitrogen and oxygen atoms in total. The van der Waals surface area contributed by atoms with Crippen LogP contribution < -0.4 is 0 Å². The summed E-state index contributed by atoms with van der Waals surface area (Å²) in [6.45, 7) is 0. The van der Waals surface area contributed by atoms with Gasteiger partial charge >= 0.3 is 0 Å². The Balaban J connectivity index is 1.97. The minimum Gasteiger partial charge on any atom is -0.240 e. The van der Waals surface area contributed by atoms with Gasteiger partial charge in [0, 0.05) is 0 Å². The molecule has 0 saturated heterocycles. The van der Waals surface area contributed by atoms with Crippen LogP contribution in [0.25, 0.3) is 0 Å². The van der Waals surface area contributed by atoms with Crippen LogP contribution in [0.3, 0.4) is 0 Å². The Labute approximate surface area is 29.6 Å².